The Morgan fingerprint density at radius 3 is 2.77 bits per heavy atom. The predicted octanol–water partition coefficient (Wildman–Crippen LogP) is 5.26. The second kappa shape index (κ2) is 8.51. The van der Waals surface area contributed by atoms with Gasteiger partial charge < -0.3 is 10.1 Å². The summed E-state index contributed by atoms with van der Waals surface area (Å²) in [6.45, 7) is 2.01. The Morgan fingerprint density at radius 1 is 1.27 bits per heavy atom. The first kappa shape index (κ1) is 18.7. The second-order valence-corrected chi connectivity index (χ2v) is 7.90. The monoisotopic (exact) mass is 390 g/mol. The lowest BCUT2D eigenvalue weighted by molar-refractivity contribution is -0.116. The predicted molar refractivity (Wildman–Crippen MR) is 106 cm³/mol. The van der Waals surface area contributed by atoms with E-state index in [4.69, 9.17) is 4.74 Å². The molecule has 0 saturated carbocycles. The van der Waals surface area contributed by atoms with Crippen molar-refractivity contribution in [3.63, 3.8) is 0 Å². The van der Waals surface area contributed by atoms with E-state index in [0.717, 1.165) is 32.8 Å². The standard InChI is InChI=1S/C19H19FN2O2S2/c1-12-5-10-15(24-2)17-18(12)26-19(22-17)21-16(23)4-3-11-25-14-8-6-13(20)7-9-14/h5-10H,3-4,11H2,1-2H3,(H,21,22,23). The third-order valence-electron chi connectivity index (χ3n) is 3.80. The van der Waals surface area contributed by atoms with Gasteiger partial charge >= 0.3 is 0 Å². The van der Waals surface area contributed by atoms with Crippen LogP contribution in [-0.4, -0.2) is 23.8 Å². The number of halogens is 1. The highest BCUT2D eigenvalue weighted by Gasteiger charge is 2.13. The van der Waals surface area contributed by atoms with Gasteiger partial charge in [-0.05, 0) is 55.0 Å². The van der Waals surface area contributed by atoms with Crippen LogP contribution in [0.2, 0.25) is 0 Å². The van der Waals surface area contributed by atoms with E-state index in [1.807, 2.05) is 19.1 Å². The molecule has 0 fully saturated rings. The van der Waals surface area contributed by atoms with E-state index in [1.54, 1.807) is 31.0 Å². The summed E-state index contributed by atoms with van der Waals surface area (Å²) in [5.74, 6) is 1.21. The van der Waals surface area contributed by atoms with Crippen molar-refractivity contribution in [1.82, 2.24) is 4.98 Å². The first-order valence-corrected chi connectivity index (χ1v) is 9.99. The number of hydrogen-bond acceptors (Lipinski definition) is 5. The highest BCUT2D eigenvalue weighted by molar-refractivity contribution is 7.99. The van der Waals surface area contributed by atoms with Crippen LogP contribution in [-0.2, 0) is 4.79 Å². The largest absolute Gasteiger partial charge is 0.494 e. The van der Waals surface area contributed by atoms with Crippen LogP contribution in [0, 0.1) is 12.7 Å². The minimum atomic E-state index is -0.239. The molecular formula is C19H19FN2O2S2. The molecule has 0 bridgehead atoms. The number of thioether (sulfide) groups is 1. The van der Waals surface area contributed by atoms with Gasteiger partial charge in [0, 0.05) is 11.3 Å². The lowest BCUT2D eigenvalue weighted by Gasteiger charge is -2.02. The number of rotatable bonds is 7. The van der Waals surface area contributed by atoms with Gasteiger partial charge in [0.15, 0.2) is 5.13 Å². The number of amides is 1. The van der Waals surface area contributed by atoms with E-state index in [1.165, 1.54) is 23.5 Å². The molecular weight excluding hydrogens is 371 g/mol. The van der Waals surface area contributed by atoms with Gasteiger partial charge in [-0.2, -0.15) is 0 Å². The zero-order valence-corrected chi connectivity index (χ0v) is 16.2. The Balaban J connectivity index is 1.52. The summed E-state index contributed by atoms with van der Waals surface area (Å²) in [6.07, 6.45) is 1.15. The molecule has 0 radical (unpaired) electrons. The summed E-state index contributed by atoms with van der Waals surface area (Å²) in [5, 5.41) is 3.46. The maximum Gasteiger partial charge on any atom is 0.226 e. The van der Waals surface area contributed by atoms with Crippen molar-refractivity contribution in [1.29, 1.82) is 0 Å². The molecule has 2 aromatic carbocycles. The quantitative estimate of drug-likeness (QED) is 0.441. The third-order valence-corrected chi connectivity index (χ3v) is 6.00. The van der Waals surface area contributed by atoms with E-state index in [-0.39, 0.29) is 11.7 Å². The number of hydrogen-bond donors (Lipinski definition) is 1. The van der Waals surface area contributed by atoms with Crippen LogP contribution in [0.1, 0.15) is 18.4 Å². The summed E-state index contributed by atoms with van der Waals surface area (Å²) in [5.41, 5.74) is 1.88. The highest BCUT2D eigenvalue weighted by Crippen LogP contribution is 2.34. The molecule has 1 amide bonds. The van der Waals surface area contributed by atoms with Crippen LogP contribution >= 0.6 is 23.1 Å². The van der Waals surface area contributed by atoms with Crippen molar-refractivity contribution in [2.24, 2.45) is 0 Å². The third kappa shape index (κ3) is 4.53. The van der Waals surface area contributed by atoms with Crippen molar-refractivity contribution in [3.8, 4) is 5.75 Å². The lowest BCUT2D eigenvalue weighted by atomic mass is 10.2. The number of anilines is 1. The summed E-state index contributed by atoms with van der Waals surface area (Å²) < 4.78 is 19.2. The van der Waals surface area contributed by atoms with Gasteiger partial charge in [0.25, 0.3) is 0 Å². The van der Waals surface area contributed by atoms with E-state index in [0.29, 0.717) is 17.3 Å². The molecule has 3 rings (SSSR count). The first-order valence-electron chi connectivity index (χ1n) is 8.19. The molecule has 0 saturated heterocycles. The molecule has 1 N–H and O–H groups in total. The van der Waals surface area contributed by atoms with Crippen molar-refractivity contribution in [2.75, 3.05) is 18.2 Å². The number of carbonyl (C=O) groups excluding carboxylic acids is 1. The Kier molecular flexibility index (Phi) is 6.11. The number of nitrogens with one attached hydrogen (secondary N) is 1. The molecule has 136 valence electrons. The molecule has 3 aromatic rings. The van der Waals surface area contributed by atoms with Crippen LogP contribution in [0.4, 0.5) is 9.52 Å². The Labute approximate surface area is 159 Å². The molecule has 1 heterocycles. The van der Waals surface area contributed by atoms with Crippen molar-refractivity contribution in [2.45, 2.75) is 24.7 Å². The normalized spacial score (nSPS) is 10.9. The Hall–Kier alpha value is -2.12. The maximum absolute atomic E-state index is 12.9. The number of fused-ring (bicyclic) bond motifs is 1. The smallest absolute Gasteiger partial charge is 0.226 e. The van der Waals surface area contributed by atoms with Crippen molar-refractivity contribution in [3.05, 3.63) is 47.8 Å². The zero-order valence-electron chi connectivity index (χ0n) is 14.5. The Bertz CT molecular complexity index is 910. The summed E-state index contributed by atoms with van der Waals surface area (Å²) >= 11 is 3.07. The van der Waals surface area contributed by atoms with Crippen LogP contribution in [0.15, 0.2) is 41.3 Å². The SMILES string of the molecule is COc1ccc(C)c2sc(NC(=O)CCCSc3ccc(F)cc3)nc12. The number of carbonyl (C=O) groups is 1. The Morgan fingerprint density at radius 2 is 2.04 bits per heavy atom. The highest BCUT2D eigenvalue weighted by atomic mass is 32.2. The minimum Gasteiger partial charge on any atom is -0.494 e. The molecule has 0 aliphatic rings. The number of thiazole rings is 1. The maximum atomic E-state index is 12.9. The van der Waals surface area contributed by atoms with Gasteiger partial charge in [-0.15, -0.1) is 11.8 Å². The number of ether oxygens (including phenoxy) is 1. The molecule has 4 nitrogen and oxygen atoms in total. The molecule has 26 heavy (non-hydrogen) atoms. The lowest BCUT2D eigenvalue weighted by Crippen LogP contribution is -2.11. The van der Waals surface area contributed by atoms with E-state index in [9.17, 15) is 9.18 Å². The fraction of sp³-hybridized carbons (Fsp3) is 0.263. The van der Waals surface area contributed by atoms with Gasteiger partial charge in [0.2, 0.25) is 5.91 Å². The van der Waals surface area contributed by atoms with Gasteiger partial charge in [0.1, 0.15) is 17.1 Å². The molecule has 0 aliphatic heterocycles. The molecule has 0 unspecified atom stereocenters. The van der Waals surface area contributed by atoms with Crippen molar-refractivity contribution >= 4 is 44.4 Å². The van der Waals surface area contributed by atoms with Gasteiger partial charge in [-0.3, -0.25) is 4.79 Å². The van der Waals surface area contributed by atoms with Gasteiger partial charge in [-0.1, -0.05) is 17.4 Å². The summed E-state index contributed by atoms with van der Waals surface area (Å²) in [4.78, 5) is 17.6. The number of nitrogens with zero attached hydrogens (tertiary/aromatic N) is 1. The van der Waals surface area contributed by atoms with Gasteiger partial charge in [-0.25, -0.2) is 9.37 Å². The zero-order chi connectivity index (χ0) is 18.5. The van der Waals surface area contributed by atoms with Crippen LogP contribution in [0.3, 0.4) is 0 Å². The van der Waals surface area contributed by atoms with Gasteiger partial charge in [0.05, 0.1) is 11.8 Å². The van der Waals surface area contributed by atoms with Crippen LogP contribution in [0.25, 0.3) is 10.2 Å². The van der Waals surface area contributed by atoms with Crippen molar-refractivity contribution < 1.29 is 13.9 Å². The van der Waals surface area contributed by atoms with Crippen LogP contribution < -0.4 is 10.1 Å². The fourth-order valence-electron chi connectivity index (χ4n) is 2.46. The fourth-order valence-corrected chi connectivity index (χ4v) is 4.28. The number of benzene rings is 2. The average molecular weight is 391 g/mol. The molecule has 0 aliphatic carbocycles. The molecule has 0 spiro atoms. The topological polar surface area (TPSA) is 51.2 Å². The average Bonchev–Trinajstić information content (AvgIpc) is 3.05. The summed E-state index contributed by atoms with van der Waals surface area (Å²) in [7, 11) is 1.61. The number of aromatic nitrogens is 1. The van der Waals surface area contributed by atoms with Crippen LogP contribution in [0.5, 0.6) is 5.75 Å². The summed E-state index contributed by atoms with van der Waals surface area (Å²) in [6, 6.07) is 10.2. The minimum absolute atomic E-state index is 0.0552. The number of aryl methyl sites for hydroxylation is 1. The first-order chi connectivity index (χ1) is 12.6. The molecule has 1 aromatic heterocycles. The van der Waals surface area contributed by atoms with E-state index >= 15 is 0 Å². The number of methoxy groups -OCH3 is 1. The van der Waals surface area contributed by atoms with E-state index < -0.39 is 0 Å². The molecule has 0 atom stereocenters. The molecule has 7 heteroatoms. The van der Waals surface area contributed by atoms with E-state index in [2.05, 4.69) is 10.3 Å². The second-order valence-electron chi connectivity index (χ2n) is 5.74.